The predicted octanol–water partition coefficient (Wildman–Crippen LogP) is 1.99. The SMILES string of the molecule is CN1CCN(c2cccc(OCc3cc(F)c(C(=O)NS(C)(=O)=O)cc3F)c2)CC1. The van der Waals surface area contributed by atoms with Crippen LogP contribution in [0.3, 0.4) is 0 Å². The summed E-state index contributed by atoms with van der Waals surface area (Å²) in [6, 6.07) is 8.85. The predicted molar refractivity (Wildman–Crippen MR) is 109 cm³/mol. The van der Waals surface area contributed by atoms with E-state index in [1.54, 1.807) is 10.8 Å². The number of rotatable bonds is 6. The molecule has 0 aromatic heterocycles. The van der Waals surface area contributed by atoms with Crippen molar-refractivity contribution in [3.05, 3.63) is 59.2 Å². The topological polar surface area (TPSA) is 79.0 Å². The molecule has 2 aromatic rings. The van der Waals surface area contributed by atoms with E-state index in [4.69, 9.17) is 4.74 Å². The minimum Gasteiger partial charge on any atom is -0.489 e. The smallest absolute Gasteiger partial charge is 0.267 e. The van der Waals surface area contributed by atoms with E-state index in [-0.39, 0.29) is 12.2 Å². The van der Waals surface area contributed by atoms with Crippen LogP contribution in [0.5, 0.6) is 5.75 Å². The van der Waals surface area contributed by atoms with Crippen molar-refractivity contribution in [2.45, 2.75) is 6.61 Å². The summed E-state index contributed by atoms with van der Waals surface area (Å²) in [7, 11) is -1.82. The average Bonchev–Trinajstić information content (AvgIpc) is 2.67. The van der Waals surface area contributed by atoms with Crippen LogP contribution in [0.15, 0.2) is 36.4 Å². The van der Waals surface area contributed by atoms with Crippen LogP contribution in [0.2, 0.25) is 0 Å². The van der Waals surface area contributed by atoms with Gasteiger partial charge in [-0.05, 0) is 31.3 Å². The molecular weight excluding hydrogens is 416 g/mol. The Morgan fingerprint density at radius 2 is 1.80 bits per heavy atom. The summed E-state index contributed by atoms with van der Waals surface area (Å²) in [6.45, 7) is 3.43. The maximum absolute atomic E-state index is 14.3. The molecule has 1 aliphatic rings. The number of likely N-dealkylation sites (N-methyl/N-ethyl adjacent to an activating group) is 1. The quantitative estimate of drug-likeness (QED) is 0.742. The molecule has 1 heterocycles. The van der Waals surface area contributed by atoms with Crippen molar-refractivity contribution in [3.8, 4) is 5.75 Å². The van der Waals surface area contributed by atoms with E-state index < -0.39 is 33.1 Å². The van der Waals surface area contributed by atoms with Crippen LogP contribution in [-0.2, 0) is 16.6 Å². The highest BCUT2D eigenvalue weighted by Gasteiger charge is 2.19. The Hall–Kier alpha value is -2.72. The molecule has 3 rings (SSSR count). The first-order valence-electron chi connectivity index (χ1n) is 9.29. The molecule has 162 valence electrons. The van der Waals surface area contributed by atoms with Crippen LogP contribution < -0.4 is 14.4 Å². The average molecular weight is 439 g/mol. The van der Waals surface area contributed by atoms with E-state index in [1.165, 1.54) is 0 Å². The van der Waals surface area contributed by atoms with E-state index in [0.29, 0.717) is 11.8 Å². The van der Waals surface area contributed by atoms with Crippen molar-refractivity contribution in [2.75, 3.05) is 44.4 Å². The molecule has 0 saturated carbocycles. The number of nitrogens with one attached hydrogen (secondary N) is 1. The number of carbonyl (C=O) groups is 1. The molecule has 7 nitrogen and oxygen atoms in total. The minimum atomic E-state index is -3.89. The van der Waals surface area contributed by atoms with Crippen LogP contribution in [0.1, 0.15) is 15.9 Å². The van der Waals surface area contributed by atoms with Crippen molar-refractivity contribution in [1.29, 1.82) is 0 Å². The van der Waals surface area contributed by atoms with Crippen LogP contribution in [0, 0.1) is 11.6 Å². The van der Waals surface area contributed by atoms with Crippen LogP contribution in [-0.4, -0.2) is 58.7 Å². The third-order valence-electron chi connectivity index (χ3n) is 4.74. The highest BCUT2D eigenvalue weighted by molar-refractivity contribution is 7.89. The maximum Gasteiger partial charge on any atom is 0.267 e. The number of sulfonamides is 1. The second-order valence-electron chi connectivity index (χ2n) is 7.20. The maximum atomic E-state index is 14.3. The molecule has 0 spiro atoms. The van der Waals surface area contributed by atoms with Gasteiger partial charge in [0.1, 0.15) is 24.0 Å². The van der Waals surface area contributed by atoms with Crippen molar-refractivity contribution < 1.29 is 26.7 Å². The molecule has 0 radical (unpaired) electrons. The van der Waals surface area contributed by atoms with Gasteiger partial charge < -0.3 is 14.5 Å². The van der Waals surface area contributed by atoms with Gasteiger partial charge in [0.05, 0.1) is 11.8 Å². The summed E-state index contributed by atoms with van der Waals surface area (Å²) in [5.41, 5.74) is 0.201. The van der Waals surface area contributed by atoms with E-state index in [2.05, 4.69) is 16.8 Å². The third-order valence-corrected chi connectivity index (χ3v) is 5.30. The van der Waals surface area contributed by atoms with Gasteiger partial charge in [0.2, 0.25) is 10.0 Å². The van der Waals surface area contributed by atoms with E-state index in [0.717, 1.165) is 44.2 Å². The van der Waals surface area contributed by atoms with Crippen LogP contribution >= 0.6 is 0 Å². The van der Waals surface area contributed by atoms with Gasteiger partial charge in [0.25, 0.3) is 5.91 Å². The van der Waals surface area contributed by atoms with Gasteiger partial charge in [-0.3, -0.25) is 4.79 Å². The molecule has 1 N–H and O–H groups in total. The summed E-state index contributed by atoms with van der Waals surface area (Å²) in [5, 5.41) is 0. The molecule has 2 aromatic carbocycles. The first-order chi connectivity index (χ1) is 14.1. The summed E-state index contributed by atoms with van der Waals surface area (Å²) in [5.74, 6) is -2.64. The van der Waals surface area contributed by atoms with Crippen molar-refractivity contribution >= 4 is 21.6 Å². The molecule has 1 fully saturated rings. The fourth-order valence-electron chi connectivity index (χ4n) is 3.09. The normalized spacial score (nSPS) is 15.1. The summed E-state index contributed by atoms with van der Waals surface area (Å²) in [4.78, 5) is 16.3. The van der Waals surface area contributed by atoms with Gasteiger partial charge in [0, 0.05) is 43.5 Å². The Kier molecular flexibility index (Phi) is 6.57. The highest BCUT2D eigenvalue weighted by Crippen LogP contribution is 2.24. The molecule has 1 amide bonds. The molecule has 0 bridgehead atoms. The van der Waals surface area contributed by atoms with Gasteiger partial charge in [-0.25, -0.2) is 21.9 Å². The lowest BCUT2D eigenvalue weighted by Gasteiger charge is -2.34. The molecular formula is C20H23F2N3O4S. The molecule has 1 saturated heterocycles. The van der Waals surface area contributed by atoms with Crippen LogP contribution in [0.4, 0.5) is 14.5 Å². The first-order valence-corrected chi connectivity index (χ1v) is 11.2. The number of hydrogen-bond donors (Lipinski definition) is 1. The fourth-order valence-corrected chi connectivity index (χ4v) is 3.54. The highest BCUT2D eigenvalue weighted by atomic mass is 32.2. The summed E-state index contributed by atoms with van der Waals surface area (Å²) in [6.07, 6.45) is 0.748. The Morgan fingerprint density at radius 3 is 2.47 bits per heavy atom. The van der Waals surface area contributed by atoms with Crippen molar-refractivity contribution in [1.82, 2.24) is 9.62 Å². The summed E-state index contributed by atoms with van der Waals surface area (Å²) >= 11 is 0. The Bertz CT molecular complexity index is 1040. The Morgan fingerprint density at radius 1 is 1.10 bits per heavy atom. The molecule has 1 aliphatic heterocycles. The lowest BCUT2D eigenvalue weighted by atomic mass is 10.1. The zero-order chi connectivity index (χ0) is 21.9. The van der Waals surface area contributed by atoms with Gasteiger partial charge in [0.15, 0.2) is 0 Å². The number of piperazine rings is 1. The first kappa shape index (κ1) is 22.0. The number of nitrogens with zero attached hydrogens (tertiary/aromatic N) is 2. The van der Waals surface area contributed by atoms with E-state index >= 15 is 0 Å². The lowest BCUT2D eigenvalue weighted by Crippen LogP contribution is -2.44. The molecule has 0 unspecified atom stereocenters. The van der Waals surface area contributed by atoms with E-state index in [9.17, 15) is 22.0 Å². The zero-order valence-electron chi connectivity index (χ0n) is 16.7. The number of amides is 1. The standard InChI is InChI=1S/C20H23F2N3O4S/c1-24-6-8-25(9-7-24)15-4-3-5-16(11-15)29-13-14-10-19(22)17(12-18(14)21)20(26)23-30(2,27)28/h3-5,10-12H,6-9,13H2,1-2H3,(H,23,26). The zero-order valence-corrected chi connectivity index (χ0v) is 17.5. The Labute approximate surface area is 174 Å². The van der Waals surface area contributed by atoms with Gasteiger partial charge in [-0.15, -0.1) is 0 Å². The molecule has 0 atom stereocenters. The monoisotopic (exact) mass is 439 g/mol. The number of anilines is 1. The third kappa shape index (κ3) is 5.67. The minimum absolute atomic E-state index is 0.0894. The fraction of sp³-hybridized carbons (Fsp3) is 0.350. The lowest BCUT2D eigenvalue weighted by molar-refractivity contribution is 0.0977. The number of halogens is 2. The second-order valence-corrected chi connectivity index (χ2v) is 8.95. The van der Waals surface area contributed by atoms with Gasteiger partial charge in [-0.2, -0.15) is 0 Å². The number of ether oxygens (including phenoxy) is 1. The number of hydrogen-bond acceptors (Lipinski definition) is 6. The van der Waals surface area contributed by atoms with Crippen LogP contribution in [0.25, 0.3) is 0 Å². The van der Waals surface area contributed by atoms with Crippen molar-refractivity contribution in [2.24, 2.45) is 0 Å². The Balaban J connectivity index is 1.69. The van der Waals surface area contributed by atoms with E-state index in [1.807, 2.05) is 18.2 Å². The van der Waals surface area contributed by atoms with Gasteiger partial charge >= 0.3 is 0 Å². The largest absolute Gasteiger partial charge is 0.489 e. The second kappa shape index (κ2) is 8.97. The molecule has 10 heteroatoms. The van der Waals surface area contributed by atoms with Crippen molar-refractivity contribution in [3.63, 3.8) is 0 Å². The summed E-state index contributed by atoms with van der Waals surface area (Å²) < 4.78 is 58.0. The molecule has 0 aliphatic carbocycles. The number of carbonyl (C=O) groups excluding carboxylic acids is 1. The molecule has 30 heavy (non-hydrogen) atoms. The van der Waals surface area contributed by atoms with Gasteiger partial charge in [-0.1, -0.05) is 6.07 Å². The number of benzene rings is 2.